The van der Waals surface area contributed by atoms with Crippen LogP contribution in [-0.4, -0.2) is 5.92 Å². The topological polar surface area (TPSA) is 23.8 Å². The van der Waals surface area contributed by atoms with E-state index < -0.39 is 18.3 Å². The number of nitriles is 1. The highest BCUT2D eigenvalue weighted by molar-refractivity contribution is 4.88. The van der Waals surface area contributed by atoms with Crippen molar-refractivity contribution in [3.05, 3.63) is 0 Å². The van der Waals surface area contributed by atoms with Gasteiger partial charge >= 0.3 is 0 Å². The molecule has 1 aliphatic carbocycles. The zero-order valence-electron chi connectivity index (χ0n) is 6.32. The fourth-order valence-corrected chi connectivity index (χ4v) is 1.60. The molecular formula is C8H11F2N. The van der Waals surface area contributed by atoms with Gasteiger partial charge in [0.25, 0.3) is 5.92 Å². The second-order valence-corrected chi connectivity index (χ2v) is 3.08. The molecule has 0 aromatic heterocycles. The normalized spacial score (nSPS) is 20.1. The van der Waals surface area contributed by atoms with E-state index >= 15 is 0 Å². The van der Waals surface area contributed by atoms with E-state index in [9.17, 15) is 8.78 Å². The predicted octanol–water partition coefficient (Wildman–Crippen LogP) is 2.73. The van der Waals surface area contributed by atoms with Crippen LogP contribution in [0, 0.1) is 17.2 Å². The van der Waals surface area contributed by atoms with Crippen LogP contribution < -0.4 is 0 Å². The van der Waals surface area contributed by atoms with Crippen molar-refractivity contribution in [3.63, 3.8) is 0 Å². The van der Waals surface area contributed by atoms with Crippen molar-refractivity contribution in [2.45, 2.75) is 38.0 Å². The molecule has 1 rings (SSSR count). The monoisotopic (exact) mass is 159 g/mol. The lowest BCUT2D eigenvalue weighted by Crippen LogP contribution is -2.25. The quantitative estimate of drug-likeness (QED) is 0.607. The maximum absolute atomic E-state index is 12.9. The highest BCUT2D eigenvalue weighted by Gasteiger charge is 2.40. The molecule has 0 radical (unpaired) electrons. The van der Waals surface area contributed by atoms with Gasteiger partial charge in [0.2, 0.25) is 0 Å². The Morgan fingerprint density at radius 2 is 1.91 bits per heavy atom. The largest absolute Gasteiger partial charge is 0.263 e. The van der Waals surface area contributed by atoms with Gasteiger partial charge in [-0.25, -0.2) is 8.78 Å². The van der Waals surface area contributed by atoms with Gasteiger partial charge in [-0.3, -0.25) is 0 Å². The molecule has 11 heavy (non-hydrogen) atoms. The molecular weight excluding hydrogens is 148 g/mol. The van der Waals surface area contributed by atoms with E-state index in [4.69, 9.17) is 5.26 Å². The zero-order chi connectivity index (χ0) is 8.32. The van der Waals surface area contributed by atoms with Gasteiger partial charge in [0, 0.05) is 5.92 Å². The van der Waals surface area contributed by atoms with Gasteiger partial charge in [-0.1, -0.05) is 12.8 Å². The van der Waals surface area contributed by atoms with Crippen LogP contribution in [0.1, 0.15) is 32.1 Å². The number of rotatable bonds is 2. The van der Waals surface area contributed by atoms with Crippen LogP contribution in [0.15, 0.2) is 0 Å². The van der Waals surface area contributed by atoms with E-state index in [1.807, 2.05) is 0 Å². The van der Waals surface area contributed by atoms with E-state index in [2.05, 4.69) is 0 Å². The second kappa shape index (κ2) is 3.17. The summed E-state index contributed by atoms with van der Waals surface area (Å²) in [5.41, 5.74) is 0. The number of nitrogens with zero attached hydrogens (tertiary/aromatic N) is 1. The fourth-order valence-electron chi connectivity index (χ4n) is 1.60. The van der Waals surface area contributed by atoms with Gasteiger partial charge in [-0.2, -0.15) is 5.26 Å². The van der Waals surface area contributed by atoms with E-state index in [-0.39, 0.29) is 0 Å². The minimum Gasteiger partial charge on any atom is -0.205 e. The molecule has 0 saturated heterocycles. The number of halogens is 2. The van der Waals surface area contributed by atoms with Gasteiger partial charge < -0.3 is 0 Å². The molecule has 3 heteroatoms. The minimum absolute atomic E-state index is 0.526. The Hall–Kier alpha value is -0.650. The standard InChI is InChI=1S/C8H11F2N/c9-8(10,5-6-11)7-3-1-2-4-7/h7H,1-5H2. The lowest BCUT2D eigenvalue weighted by molar-refractivity contribution is -0.0508. The molecule has 0 amide bonds. The Bertz CT molecular complexity index is 165. The molecule has 0 aromatic rings. The summed E-state index contributed by atoms with van der Waals surface area (Å²) in [6, 6.07) is 1.53. The summed E-state index contributed by atoms with van der Waals surface area (Å²) < 4.78 is 25.8. The van der Waals surface area contributed by atoms with Gasteiger partial charge in [-0.05, 0) is 12.8 Å². The maximum Gasteiger partial charge on any atom is 0.263 e. The van der Waals surface area contributed by atoms with E-state index in [1.165, 1.54) is 6.07 Å². The summed E-state index contributed by atoms with van der Waals surface area (Å²) in [6.07, 6.45) is 2.36. The third kappa shape index (κ3) is 1.89. The van der Waals surface area contributed by atoms with Crippen LogP contribution in [0.5, 0.6) is 0 Å². The van der Waals surface area contributed by atoms with Gasteiger partial charge in [0.1, 0.15) is 0 Å². The smallest absolute Gasteiger partial charge is 0.205 e. The van der Waals surface area contributed by atoms with Gasteiger partial charge in [0.15, 0.2) is 0 Å². The van der Waals surface area contributed by atoms with E-state index in [0.29, 0.717) is 12.8 Å². The summed E-state index contributed by atoms with van der Waals surface area (Å²) in [6.45, 7) is 0. The molecule has 0 bridgehead atoms. The number of alkyl halides is 2. The first-order valence-corrected chi connectivity index (χ1v) is 3.91. The SMILES string of the molecule is N#CCC(F)(F)C1CCCC1. The number of hydrogen-bond acceptors (Lipinski definition) is 1. The molecule has 0 spiro atoms. The zero-order valence-corrected chi connectivity index (χ0v) is 6.32. The number of hydrogen-bond donors (Lipinski definition) is 0. The first kappa shape index (κ1) is 8.45. The summed E-state index contributed by atoms with van der Waals surface area (Å²) in [5.74, 6) is -3.26. The molecule has 1 aliphatic rings. The van der Waals surface area contributed by atoms with Crippen molar-refractivity contribution >= 4 is 0 Å². The van der Waals surface area contributed by atoms with Gasteiger partial charge in [-0.15, -0.1) is 0 Å². The van der Waals surface area contributed by atoms with E-state index in [0.717, 1.165) is 12.8 Å². The fraction of sp³-hybridized carbons (Fsp3) is 0.875. The highest BCUT2D eigenvalue weighted by Crippen LogP contribution is 2.39. The summed E-state index contributed by atoms with van der Waals surface area (Å²) in [7, 11) is 0. The van der Waals surface area contributed by atoms with Crippen LogP contribution in [0.4, 0.5) is 8.78 Å². The third-order valence-corrected chi connectivity index (χ3v) is 2.27. The first-order chi connectivity index (χ1) is 5.17. The Kier molecular flexibility index (Phi) is 2.43. The Balaban J connectivity index is 2.49. The average molecular weight is 159 g/mol. The lowest BCUT2D eigenvalue weighted by atomic mass is 9.98. The first-order valence-electron chi connectivity index (χ1n) is 3.91. The van der Waals surface area contributed by atoms with Crippen molar-refractivity contribution < 1.29 is 8.78 Å². The molecule has 1 saturated carbocycles. The Labute approximate surface area is 65.0 Å². The molecule has 62 valence electrons. The van der Waals surface area contributed by atoms with Crippen molar-refractivity contribution in [3.8, 4) is 6.07 Å². The van der Waals surface area contributed by atoms with Crippen molar-refractivity contribution in [2.75, 3.05) is 0 Å². The highest BCUT2D eigenvalue weighted by atomic mass is 19.3. The molecule has 0 atom stereocenters. The molecule has 0 N–H and O–H groups in total. The van der Waals surface area contributed by atoms with E-state index in [1.54, 1.807) is 0 Å². The minimum atomic E-state index is -2.73. The van der Waals surface area contributed by atoms with Crippen molar-refractivity contribution in [2.24, 2.45) is 5.92 Å². The Morgan fingerprint density at radius 1 is 1.36 bits per heavy atom. The molecule has 0 unspecified atom stereocenters. The molecule has 0 aromatic carbocycles. The predicted molar refractivity (Wildman–Crippen MR) is 37.1 cm³/mol. The third-order valence-electron chi connectivity index (χ3n) is 2.27. The van der Waals surface area contributed by atoms with Crippen LogP contribution in [0.25, 0.3) is 0 Å². The molecule has 0 heterocycles. The lowest BCUT2D eigenvalue weighted by Gasteiger charge is -2.19. The van der Waals surface area contributed by atoms with Crippen LogP contribution in [-0.2, 0) is 0 Å². The average Bonchev–Trinajstić information content (AvgIpc) is 2.37. The van der Waals surface area contributed by atoms with Crippen LogP contribution >= 0.6 is 0 Å². The molecule has 1 nitrogen and oxygen atoms in total. The molecule has 0 aliphatic heterocycles. The van der Waals surface area contributed by atoms with Crippen molar-refractivity contribution in [1.82, 2.24) is 0 Å². The summed E-state index contributed by atoms with van der Waals surface area (Å²) in [5, 5.41) is 8.13. The van der Waals surface area contributed by atoms with Crippen LogP contribution in [0.3, 0.4) is 0 Å². The Morgan fingerprint density at radius 3 is 2.36 bits per heavy atom. The maximum atomic E-state index is 12.9. The van der Waals surface area contributed by atoms with Crippen LogP contribution in [0.2, 0.25) is 0 Å². The summed E-state index contributed by atoms with van der Waals surface area (Å²) >= 11 is 0. The summed E-state index contributed by atoms with van der Waals surface area (Å²) in [4.78, 5) is 0. The van der Waals surface area contributed by atoms with Crippen molar-refractivity contribution in [1.29, 1.82) is 5.26 Å². The molecule has 1 fully saturated rings. The van der Waals surface area contributed by atoms with Gasteiger partial charge in [0.05, 0.1) is 12.5 Å². The second-order valence-electron chi connectivity index (χ2n) is 3.08.